The van der Waals surface area contributed by atoms with Gasteiger partial charge in [0.25, 0.3) is 0 Å². The highest BCUT2D eigenvalue weighted by Gasteiger charge is 2.18. The minimum Gasteiger partial charge on any atom is -0.354 e. The van der Waals surface area contributed by atoms with Gasteiger partial charge in [-0.1, -0.05) is 57.2 Å². The van der Waals surface area contributed by atoms with Gasteiger partial charge in [0.2, 0.25) is 0 Å². The fourth-order valence-corrected chi connectivity index (χ4v) is 3.79. The third-order valence-electron chi connectivity index (χ3n) is 4.26. The van der Waals surface area contributed by atoms with Crippen LogP contribution in [0.2, 0.25) is 0 Å². The molecule has 0 amide bonds. The van der Waals surface area contributed by atoms with Crippen molar-refractivity contribution in [3.63, 3.8) is 0 Å². The molecule has 0 aliphatic heterocycles. The Balaban J connectivity index is 1.70. The zero-order valence-corrected chi connectivity index (χ0v) is 15.4. The van der Waals surface area contributed by atoms with Crippen molar-refractivity contribution in [3.8, 4) is 11.3 Å². The molecular formula is C21H21N3S. The molecular weight excluding hydrogens is 326 g/mol. The molecule has 0 aliphatic carbocycles. The van der Waals surface area contributed by atoms with E-state index in [9.17, 15) is 0 Å². The minimum atomic E-state index is 0.0626. The Morgan fingerprint density at radius 1 is 1.00 bits per heavy atom. The Kier molecular flexibility index (Phi) is 3.85. The van der Waals surface area contributed by atoms with E-state index < -0.39 is 0 Å². The van der Waals surface area contributed by atoms with Crippen LogP contribution < -0.4 is 5.32 Å². The van der Waals surface area contributed by atoms with Gasteiger partial charge < -0.3 is 10.3 Å². The molecule has 0 saturated carbocycles. The molecule has 0 atom stereocenters. The molecule has 0 aliphatic rings. The van der Waals surface area contributed by atoms with Crippen LogP contribution in [0.1, 0.15) is 26.5 Å². The summed E-state index contributed by atoms with van der Waals surface area (Å²) in [7, 11) is 0. The van der Waals surface area contributed by atoms with Crippen LogP contribution in [0.4, 0.5) is 10.8 Å². The number of nitrogens with zero attached hydrogens (tertiary/aromatic N) is 1. The molecule has 4 heteroatoms. The average Bonchev–Trinajstić information content (AvgIpc) is 3.21. The van der Waals surface area contributed by atoms with Gasteiger partial charge in [0.1, 0.15) is 0 Å². The van der Waals surface area contributed by atoms with Crippen molar-refractivity contribution in [1.82, 2.24) is 9.97 Å². The number of hydrogen-bond acceptors (Lipinski definition) is 3. The smallest absolute Gasteiger partial charge is 0.187 e. The third kappa shape index (κ3) is 3.17. The Labute approximate surface area is 151 Å². The second kappa shape index (κ2) is 6.05. The minimum absolute atomic E-state index is 0.0626. The normalized spacial score (nSPS) is 11.8. The number of anilines is 2. The second-order valence-corrected chi connectivity index (χ2v) is 8.09. The molecule has 0 bridgehead atoms. The molecule has 4 aromatic rings. The summed E-state index contributed by atoms with van der Waals surface area (Å²) in [4.78, 5) is 8.26. The van der Waals surface area contributed by atoms with Crippen LogP contribution in [0.15, 0.2) is 60.0 Å². The van der Waals surface area contributed by atoms with Gasteiger partial charge in [-0.2, -0.15) is 0 Å². The largest absolute Gasteiger partial charge is 0.354 e. The molecule has 2 heterocycles. The van der Waals surface area contributed by atoms with Crippen molar-refractivity contribution in [1.29, 1.82) is 0 Å². The fraction of sp³-hybridized carbons (Fsp3) is 0.190. The van der Waals surface area contributed by atoms with E-state index in [1.165, 1.54) is 5.39 Å². The van der Waals surface area contributed by atoms with Crippen LogP contribution in [0, 0.1) is 0 Å². The first-order valence-corrected chi connectivity index (χ1v) is 9.29. The first-order chi connectivity index (χ1) is 12.0. The molecule has 126 valence electrons. The van der Waals surface area contributed by atoms with Gasteiger partial charge >= 0.3 is 0 Å². The van der Waals surface area contributed by atoms with Gasteiger partial charge in [-0.25, -0.2) is 4.98 Å². The molecule has 4 rings (SSSR count). The number of hydrogen-bond donors (Lipinski definition) is 2. The van der Waals surface area contributed by atoms with E-state index >= 15 is 0 Å². The summed E-state index contributed by atoms with van der Waals surface area (Å²) >= 11 is 1.65. The lowest BCUT2D eigenvalue weighted by Crippen LogP contribution is -2.11. The predicted octanol–water partition coefficient (Wildman–Crippen LogP) is 6.33. The van der Waals surface area contributed by atoms with Gasteiger partial charge in [-0.15, -0.1) is 11.3 Å². The van der Waals surface area contributed by atoms with Crippen molar-refractivity contribution in [2.75, 3.05) is 5.32 Å². The molecule has 0 saturated heterocycles. The van der Waals surface area contributed by atoms with Gasteiger partial charge in [-0.05, 0) is 18.2 Å². The maximum absolute atomic E-state index is 4.75. The summed E-state index contributed by atoms with van der Waals surface area (Å²) in [5.41, 5.74) is 5.64. The number of H-pyrrole nitrogens is 1. The number of benzene rings is 2. The maximum Gasteiger partial charge on any atom is 0.187 e. The van der Waals surface area contributed by atoms with E-state index in [2.05, 4.69) is 85.0 Å². The third-order valence-corrected chi connectivity index (χ3v) is 5.02. The highest BCUT2D eigenvalue weighted by molar-refractivity contribution is 7.13. The quantitative estimate of drug-likeness (QED) is 0.454. The van der Waals surface area contributed by atoms with E-state index in [0.29, 0.717) is 0 Å². The Hall–Kier alpha value is -2.59. The number of nitrogens with one attached hydrogen (secondary N) is 2. The van der Waals surface area contributed by atoms with E-state index in [4.69, 9.17) is 4.98 Å². The van der Waals surface area contributed by atoms with Gasteiger partial charge in [-0.3, -0.25) is 0 Å². The molecule has 3 nitrogen and oxygen atoms in total. The Morgan fingerprint density at radius 3 is 2.52 bits per heavy atom. The number of thiazole rings is 1. The molecule has 0 radical (unpaired) electrons. The second-order valence-electron chi connectivity index (χ2n) is 7.23. The highest BCUT2D eigenvalue weighted by Crippen LogP contribution is 2.34. The predicted molar refractivity (Wildman–Crippen MR) is 108 cm³/mol. The zero-order chi connectivity index (χ0) is 17.4. The number of fused-ring (bicyclic) bond motifs is 1. The summed E-state index contributed by atoms with van der Waals surface area (Å²) < 4.78 is 0. The molecule has 2 aromatic carbocycles. The maximum atomic E-state index is 4.75. The number of para-hydroxylation sites is 2. The molecule has 25 heavy (non-hydrogen) atoms. The Morgan fingerprint density at radius 2 is 1.76 bits per heavy atom. The van der Waals surface area contributed by atoms with Crippen LogP contribution in [0.25, 0.3) is 22.2 Å². The molecule has 0 spiro atoms. The number of rotatable bonds is 3. The van der Waals surface area contributed by atoms with E-state index in [1.54, 1.807) is 11.3 Å². The van der Waals surface area contributed by atoms with Gasteiger partial charge in [0.15, 0.2) is 5.13 Å². The van der Waals surface area contributed by atoms with Crippen molar-refractivity contribution >= 4 is 33.1 Å². The molecule has 0 unspecified atom stereocenters. The summed E-state index contributed by atoms with van der Waals surface area (Å²) in [6, 6.07) is 18.9. The van der Waals surface area contributed by atoms with E-state index in [-0.39, 0.29) is 5.41 Å². The Bertz CT molecular complexity index is 988. The van der Waals surface area contributed by atoms with Crippen LogP contribution >= 0.6 is 11.3 Å². The van der Waals surface area contributed by atoms with Crippen LogP contribution in [0.3, 0.4) is 0 Å². The van der Waals surface area contributed by atoms with Crippen LogP contribution in [0.5, 0.6) is 0 Å². The van der Waals surface area contributed by atoms with Crippen molar-refractivity contribution in [3.05, 3.63) is 65.7 Å². The number of aromatic amines is 1. The van der Waals surface area contributed by atoms with Crippen LogP contribution in [-0.2, 0) is 5.41 Å². The molecule has 0 fully saturated rings. The topological polar surface area (TPSA) is 40.7 Å². The lowest BCUT2D eigenvalue weighted by molar-refractivity contribution is 0.573. The van der Waals surface area contributed by atoms with Gasteiger partial charge in [0, 0.05) is 38.6 Å². The molecule has 2 N–H and O–H groups in total. The fourth-order valence-electron chi connectivity index (χ4n) is 2.84. The monoisotopic (exact) mass is 347 g/mol. The van der Waals surface area contributed by atoms with E-state index in [1.807, 2.05) is 6.07 Å². The van der Waals surface area contributed by atoms with Crippen LogP contribution in [-0.4, -0.2) is 9.97 Å². The summed E-state index contributed by atoms with van der Waals surface area (Å²) in [5, 5.41) is 7.77. The lowest BCUT2D eigenvalue weighted by atomic mass is 9.93. The van der Waals surface area contributed by atoms with Crippen molar-refractivity contribution < 1.29 is 0 Å². The summed E-state index contributed by atoms with van der Waals surface area (Å²) in [6.07, 6.45) is 0. The van der Waals surface area contributed by atoms with E-state index in [0.717, 1.165) is 33.3 Å². The van der Waals surface area contributed by atoms with Gasteiger partial charge in [0.05, 0.1) is 5.69 Å². The zero-order valence-electron chi connectivity index (χ0n) is 14.6. The molecule has 2 aromatic heterocycles. The number of aromatic nitrogens is 2. The highest BCUT2D eigenvalue weighted by atomic mass is 32.1. The SMILES string of the molecule is CC(C)(C)c1csc(Nc2ccccc2-c2cc3ccccc3[nH]2)n1. The lowest BCUT2D eigenvalue weighted by Gasteiger charge is -2.14. The summed E-state index contributed by atoms with van der Waals surface area (Å²) in [5.74, 6) is 0. The van der Waals surface area contributed by atoms with Crippen molar-refractivity contribution in [2.24, 2.45) is 0 Å². The standard InChI is InChI=1S/C21H21N3S/c1-21(2,3)19-13-25-20(24-19)23-17-11-7-5-9-15(17)18-12-14-8-4-6-10-16(14)22-18/h4-13,22H,1-3H3,(H,23,24). The first-order valence-electron chi connectivity index (χ1n) is 8.41. The average molecular weight is 347 g/mol. The summed E-state index contributed by atoms with van der Waals surface area (Å²) in [6.45, 7) is 6.55. The van der Waals surface area contributed by atoms with Crippen molar-refractivity contribution in [2.45, 2.75) is 26.2 Å². The first kappa shape index (κ1) is 15.9.